The van der Waals surface area contributed by atoms with E-state index in [-0.39, 0.29) is 0 Å². The summed E-state index contributed by atoms with van der Waals surface area (Å²) in [4.78, 5) is 0. The van der Waals surface area contributed by atoms with Gasteiger partial charge in [-0.25, -0.2) is 4.68 Å². The lowest BCUT2D eigenvalue weighted by Gasteiger charge is -2.11. The lowest BCUT2D eigenvalue weighted by atomic mass is 10.1. The third kappa shape index (κ3) is 2.04. The zero-order valence-electron chi connectivity index (χ0n) is 8.48. The van der Waals surface area contributed by atoms with Crippen LogP contribution in [0.5, 0.6) is 0 Å². The van der Waals surface area contributed by atoms with Gasteiger partial charge < -0.3 is 11.1 Å². The molecule has 2 atom stereocenters. The van der Waals surface area contributed by atoms with Crippen LogP contribution in [-0.2, 0) is 7.05 Å². The average Bonchev–Trinajstić information content (AvgIpc) is 2.72. The van der Waals surface area contributed by atoms with Gasteiger partial charge in [-0.2, -0.15) is 0 Å². The molecule has 0 radical (unpaired) electrons. The van der Waals surface area contributed by atoms with Gasteiger partial charge in [0.2, 0.25) is 0 Å². The Morgan fingerprint density at radius 1 is 1.64 bits per heavy atom. The lowest BCUT2D eigenvalue weighted by molar-refractivity contribution is 0.562. The van der Waals surface area contributed by atoms with Gasteiger partial charge in [0.25, 0.3) is 0 Å². The van der Waals surface area contributed by atoms with Crippen LogP contribution in [0.2, 0.25) is 0 Å². The zero-order chi connectivity index (χ0) is 9.97. The molecule has 1 fully saturated rings. The van der Waals surface area contributed by atoms with Crippen LogP contribution in [0.15, 0.2) is 6.20 Å². The maximum absolute atomic E-state index is 5.85. The molecule has 0 aromatic carbocycles. The fraction of sp³-hybridized carbons (Fsp3) is 0.778. The molecule has 0 aliphatic heterocycles. The molecule has 0 bridgehead atoms. The van der Waals surface area contributed by atoms with Crippen molar-refractivity contribution in [1.82, 2.24) is 15.0 Å². The van der Waals surface area contributed by atoms with Gasteiger partial charge in [0.1, 0.15) is 5.82 Å². The molecule has 3 N–H and O–H groups in total. The Morgan fingerprint density at radius 2 is 2.50 bits per heavy atom. The molecule has 1 aromatic rings. The molecule has 78 valence electrons. The molecule has 0 saturated heterocycles. The summed E-state index contributed by atoms with van der Waals surface area (Å²) in [5.41, 5.74) is 5.85. The fourth-order valence-electron chi connectivity index (χ4n) is 2.00. The van der Waals surface area contributed by atoms with Crippen LogP contribution in [0.25, 0.3) is 0 Å². The number of nitrogens with zero attached hydrogens (tertiary/aromatic N) is 3. The van der Waals surface area contributed by atoms with E-state index in [4.69, 9.17) is 5.73 Å². The van der Waals surface area contributed by atoms with Crippen LogP contribution in [-0.4, -0.2) is 27.6 Å². The van der Waals surface area contributed by atoms with Crippen molar-refractivity contribution in [2.24, 2.45) is 18.7 Å². The molecular formula is C9H17N5. The van der Waals surface area contributed by atoms with Crippen molar-refractivity contribution in [3.63, 3.8) is 0 Å². The maximum atomic E-state index is 5.85. The number of hydrogen-bond donors (Lipinski definition) is 2. The van der Waals surface area contributed by atoms with Gasteiger partial charge >= 0.3 is 0 Å². The van der Waals surface area contributed by atoms with E-state index in [0.717, 1.165) is 25.2 Å². The fourth-order valence-corrected chi connectivity index (χ4v) is 2.00. The minimum atomic E-state index is 0.409. The summed E-state index contributed by atoms with van der Waals surface area (Å²) in [7, 11) is 1.88. The minimum Gasteiger partial charge on any atom is -0.369 e. The molecule has 0 spiro atoms. The van der Waals surface area contributed by atoms with Gasteiger partial charge in [0.15, 0.2) is 0 Å². The van der Waals surface area contributed by atoms with Gasteiger partial charge in [0, 0.05) is 19.6 Å². The van der Waals surface area contributed by atoms with Crippen molar-refractivity contribution < 1.29 is 0 Å². The summed E-state index contributed by atoms with van der Waals surface area (Å²) >= 11 is 0. The molecule has 1 aromatic heterocycles. The van der Waals surface area contributed by atoms with Crippen molar-refractivity contribution in [3.05, 3.63) is 6.20 Å². The van der Waals surface area contributed by atoms with E-state index < -0.39 is 0 Å². The van der Waals surface area contributed by atoms with Crippen molar-refractivity contribution in [1.29, 1.82) is 0 Å². The smallest absolute Gasteiger partial charge is 0.144 e. The van der Waals surface area contributed by atoms with E-state index in [2.05, 4.69) is 15.6 Å². The third-order valence-corrected chi connectivity index (χ3v) is 2.87. The molecule has 5 nitrogen and oxygen atoms in total. The summed E-state index contributed by atoms with van der Waals surface area (Å²) in [6, 6.07) is 0.409. The second-order valence-electron chi connectivity index (χ2n) is 4.06. The molecule has 2 rings (SSSR count). The van der Waals surface area contributed by atoms with E-state index in [1.807, 2.05) is 7.05 Å². The summed E-state index contributed by atoms with van der Waals surface area (Å²) in [5.74, 6) is 1.69. The van der Waals surface area contributed by atoms with E-state index >= 15 is 0 Å². The van der Waals surface area contributed by atoms with Gasteiger partial charge in [-0.1, -0.05) is 5.21 Å². The normalized spacial score (nSPS) is 26.7. The molecule has 1 aliphatic rings. The van der Waals surface area contributed by atoms with Gasteiger partial charge in [-0.15, -0.1) is 5.10 Å². The highest BCUT2D eigenvalue weighted by Gasteiger charge is 2.21. The van der Waals surface area contributed by atoms with Crippen molar-refractivity contribution in [2.75, 3.05) is 11.9 Å². The highest BCUT2D eigenvalue weighted by atomic mass is 15.4. The summed E-state index contributed by atoms with van der Waals surface area (Å²) < 4.78 is 1.74. The number of aromatic nitrogens is 3. The van der Waals surface area contributed by atoms with Crippen molar-refractivity contribution in [2.45, 2.75) is 25.3 Å². The Morgan fingerprint density at radius 3 is 3.07 bits per heavy atom. The van der Waals surface area contributed by atoms with Gasteiger partial charge in [-0.3, -0.25) is 0 Å². The first-order chi connectivity index (χ1) is 6.75. The Bertz CT molecular complexity index is 295. The van der Waals surface area contributed by atoms with Crippen LogP contribution in [0.4, 0.5) is 5.82 Å². The molecule has 5 heteroatoms. The van der Waals surface area contributed by atoms with Crippen LogP contribution in [0.1, 0.15) is 19.3 Å². The van der Waals surface area contributed by atoms with Crippen LogP contribution >= 0.6 is 0 Å². The Labute approximate surface area is 83.7 Å². The SMILES string of the molecule is Cn1nncc1NCC1CCC(N)C1. The lowest BCUT2D eigenvalue weighted by Crippen LogP contribution is -2.18. The number of anilines is 1. The summed E-state index contributed by atoms with van der Waals surface area (Å²) in [5, 5.41) is 11.0. The Hall–Kier alpha value is -1.10. The second kappa shape index (κ2) is 3.96. The molecular weight excluding hydrogens is 178 g/mol. The van der Waals surface area contributed by atoms with E-state index in [1.54, 1.807) is 10.9 Å². The number of nitrogens with one attached hydrogen (secondary N) is 1. The van der Waals surface area contributed by atoms with Crippen LogP contribution in [0, 0.1) is 5.92 Å². The largest absolute Gasteiger partial charge is 0.369 e. The predicted molar refractivity (Wildman–Crippen MR) is 54.8 cm³/mol. The molecule has 1 heterocycles. The first kappa shape index (κ1) is 9.45. The Kier molecular flexibility index (Phi) is 2.67. The van der Waals surface area contributed by atoms with E-state index in [0.29, 0.717) is 12.0 Å². The molecule has 14 heavy (non-hydrogen) atoms. The molecule has 1 aliphatic carbocycles. The maximum Gasteiger partial charge on any atom is 0.144 e. The highest BCUT2D eigenvalue weighted by Crippen LogP contribution is 2.24. The Balaban J connectivity index is 1.80. The summed E-state index contributed by atoms with van der Waals surface area (Å²) in [6.07, 6.45) is 5.28. The van der Waals surface area contributed by atoms with Crippen LogP contribution < -0.4 is 11.1 Å². The average molecular weight is 195 g/mol. The number of nitrogens with two attached hydrogens (primary N) is 1. The third-order valence-electron chi connectivity index (χ3n) is 2.87. The molecule has 1 saturated carbocycles. The van der Waals surface area contributed by atoms with Crippen molar-refractivity contribution >= 4 is 5.82 Å². The number of rotatable bonds is 3. The van der Waals surface area contributed by atoms with Gasteiger partial charge in [0.05, 0.1) is 6.20 Å². The second-order valence-corrected chi connectivity index (χ2v) is 4.06. The molecule has 2 unspecified atom stereocenters. The standard InChI is InChI=1S/C9H17N5/c1-14-9(6-12-13-14)11-5-7-2-3-8(10)4-7/h6-8,11H,2-5,10H2,1H3. The predicted octanol–water partition coefficient (Wildman–Crippen LogP) is 0.354. The quantitative estimate of drug-likeness (QED) is 0.730. The number of aryl methyl sites for hydroxylation is 1. The first-order valence-electron chi connectivity index (χ1n) is 5.10. The monoisotopic (exact) mass is 195 g/mol. The highest BCUT2D eigenvalue weighted by molar-refractivity contribution is 5.30. The van der Waals surface area contributed by atoms with E-state index in [1.165, 1.54) is 6.42 Å². The van der Waals surface area contributed by atoms with Crippen molar-refractivity contribution in [3.8, 4) is 0 Å². The number of hydrogen-bond acceptors (Lipinski definition) is 4. The zero-order valence-corrected chi connectivity index (χ0v) is 8.48. The molecule has 0 amide bonds. The van der Waals surface area contributed by atoms with Gasteiger partial charge in [-0.05, 0) is 25.2 Å². The minimum absolute atomic E-state index is 0.409. The van der Waals surface area contributed by atoms with Crippen LogP contribution in [0.3, 0.4) is 0 Å². The first-order valence-corrected chi connectivity index (χ1v) is 5.10. The summed E-state index contributed by atoms with van der Waals surface area (Å²) in [6.45, 7) is 0.981. The topological polar surface area (TPSA) is 68.8 Å². The van der Waals surface area contributed by atoms with E-state index in [9.17, 15) is 0 Å².